The molecule has 3 rings (SSSR count). The van der Waals surface area contributed by atoms with Gasteiger partial charge < -0.3 is 14.6 Å². The third-order valence-electron chi connectivity index (χ3n) is 3.85. The van der Waals surface area contributed by atoms with Gasteiger partial charge in [0, 0.05) is 44.2 Å². The number of hydrogen-bond donors (Lipinski definition) is 1. The summed E-state index contributed by atoms with van der Waals surface area (Å²) >= 11 is 0. The summed E-state index contributed by atoms with van der Waals surface area (Å²) in [6.07, 6.45) is 8.51. The standard InChI is InChI=1S/C17H22N4O3/c22-8-2-6-21-7-4-15(12-21)24-17-11-19-10-16(20-17)23-13-14-3-1-5-18-9-14/h1,3,5,9-11,15,22H,2,4,6-8,12-13H2. The smallest absolute Gasteiger partial charge is 0.235 e. The largest absolute Gasteiger partial charge is 0.472 e. The van der Waals surface area contributed by atoms with Gasteiger partial charge in [-0.25, -0.2) is 0 Å². The second kappa shape index (κ2) is 8.56. The first-order chi connectivity index (χ1) is 11.8. The van der Waals surface area contributed by atoms with Gasteiger partial charge in [0.15, 0.2) is 0 Å². The Morgan fingerprint density at radius 1 is 1.21 bits per heavy atom. The summed E-state index contributed by atoms with van der Waals surface area (Å²) in [5.41, 5.74) is 0.973. The number of aromatic nitrogens is 3. The van der Waals surface area contributed by atoms with E-state index in [9.17, 15) is 0 Å². The van der Waals surface area contributed by atoms with E-state index in [0.29, 0.717) is 18.4 Å². The lowest BCUT2D eigenvalue weighted by Crippen LogP contribution is -2.26. The van der Waals surface area contributed by atoms with Crippen LogP contribution in [0.5, 0.6) is 11.8 Å². The summed E-state index contributed by atoms with van der Waals surface area (Å²) in [4.78, 5) is 14.8. The first-order valence-electron chi connectivity index (χ1n) is 8.17. The molecule has 1 aliphatic heterocycles. The highest BCUT2D eigenvalue weighted by Crippen LogP contribution is 2.18. The average molecular weight is 330 g/mol. The number of aliphatic hydroxyl groups excluding tert-OH is 1. The van der Waals surface area contributed by atoms with Crippen LogP contribution in [0, 0.1) is 0 Å². The van der Waals surface area contributed by atoms with Gasteiger partial charge in [-0.2, -0.15) is 4.98 Å². The van der Waals surface area contributed by atoms with E-state index in [0.717, 1.165) is 38.0 Å². The van der Waals surface area contributed by atoms with E-state index in [1.807, 2.05) is 12.1 Å². The number of hydrogen-bond acceptors (Lipinski definition) is 7. The summed E-state index contributed by atoms with van der Waals surface area (Å²) in [6, 6.07) is 3.81. The molecule has 1 N–H and O–H groups in total. The van der Waals surface area contributed by atoms with E-state index in [1.165, 1.54) is 0 Å². The van der Waals surface area contributed by atoms with Crippen LogP contribution in [-0.4, -0.2) is 57.3 Å². The highest BCUT2D eigenvalue weighted by molar-refractivity contribution is 5.14. The van der Waals surface area contributed by atoms with Gasteiger partial charge >= 0.3 is 0 Å². The van der Waals surface area contributed by atoms with Gasteiger partial charge in [0.2, 0.25) is 11.8 Å². The fourth-order valence-corrected chi connectivity index (χ4v) is 2.66. The molecule has 0 amide bonds. The molecule has 2 aromatic heterocycles. The third-order valence-corrected chi connectivity index (χ3v) is 3.85. The van der Waals surface area contributed by atoms with Gasteiger partial charge in [0.1, 0.15) is 12.7 Å². The molecule has 0 aliphatic carbocycles. The molecular formula is C17H22N4O3. The Kier molecular flexibility index (Phi) is 5.92. The zero-order chi connectivity index (χ0) is 16.6. The Morgan fingerprint density at radius 2 is 2.12 bits per heavy atom. The fraction of sp³-hybridized carbons (Fsp3) is 0.471. The van der Waals surface area contributed by atoms with Gasteiger partial charge in [-0.15, -0.1) is 0 Å². The van der Waals surface area contributed by atoms with Crippen molar-refractivity contribution < 1.29 is 14.6 Å². The highest BCUT2D eigenvalue weighted by Gasteiger charge is 2.24. The molecule has 1 atom stereocenters. The maximum atomic E-state index is 8.90. The molecule has 3 heterocycles. The van der Waals surface area contributed by atoms with E-state index < -0.39 is 0 Å². The molecule has 7 heteroatoms. The zero-order valence-electron chi connectivity index (χ0n) is 13.5. The molecule has 0 radical (unpaired) electrons. The minimum atomic E-state index is 0.103. The van der Waals surface area contributed by atoms with Crippen LogP contribution in [-0.2, 0) is 6.61 Å². The Balaban J connectivity index is 1.50. The summed E-state index contributed by atoms with van der Waals surface area (Å²) in [7, 11) is 0. The van der Waals surface area contributed by atoms with Crippen molar-refractivity contribution in [3.8, 4) is 11.8 Å². The molecular weight excluding hydrogens is 308 g/mol. The second-order valence-electron chi connectivity index (χ2n) is 5.75. The molecule has 0 saturated carbocycles. The Morgan fingerprint density at radius 3 is 2.96 bits per heavy atom. The molecule has 1 unspecified atom stereocenters. The predicted octanol–water partition coefficient (Wildman–Crippen LogP) is 1.29. The minimum Gasteiger partial charge on any atom is -0.472 e. The van der Waals surface area contributed by atoms with Crippen molar-refractivity contribution in [3.05, 3.63) is 42.5 Å². The van der Waals surface area contributed by atoms with Gasteiger partial charge in [0.05, 0.1) is 12.4 Å². The summed E-state index contributed by atoms with van der Waals surface area (Å²) < 4.78 is 11.5. The number of rotatable bonds is 8. The van der Waals surface area contributed by atoms with Crippen LogP contribution in [0.3, 0.4) is 0 Å². The third kappa shape index (κ3) is 4.87. The predicted molar refractivity (Wildman–Crippen MR) is 87.8 cm³/mol. The monoisotopic (exact) mass is 330 g/mol. The topological polar surface area (TPSA) is 80.6 Å². The van der Waals surface area contributed by atoms with Crippen LogP contribution in [0.25, 0.3) is 0 Å². The fourth-order valence-electron chi connectivity index (χ4n) is 2.66. The summed E-state index contributed by atoms with van der Waals surface area (Å²) in [5, 5.41) is 8.90. The maximum absolute atomic E-state index is 8.90. The Bertz CT molecular complexity index is 626. The van der Waals surface area contributed by atoms with Crippen molar-refractivity contribution >= 4 is 0 Å². The molecule has 2 aromatic rings. The molecule has 0 bridgehead atoms. The number of aliphatic hydroxyl groups is 1. The first-order valence-corrected chi connectivity index (χ1v) is 8.17. The van der Waals surface area contributed by atoms with Crippen molar-refractivity contribution in [2.75, 3.05) is 26.2 Å². The van der Waals surface area contributed by atoms with Crippen LogP contribution in [0.2, 0.25) is 0 Å². The van der Waals surface area contributed by atoms with E-state index in [1.54, 1.807) is 24.8 Å². The molecule has 128 valence electrons. The average Bonchev–Trinajstić information content (AvgIpc) is 3.07. The van der Waals surface area contributed by atoms with Crippen molar-refractivity contribution in [3.63, 3.8) is 0 Å². The van der Waals surface area contributed by atoms with Crippen molar-refractivity contribution in [1.29, 1.82) is 0 Å². The summed E-state index contributed by atoms with van der Waals surface area (Å²) in [5.74, 6) is 0.916. The zero-order valence-corrected chi connectivity index (χ0v) is 13.5. The van der Waals surface area contributed by atoms with Crippen LogP contribution in [0.1, 0.15) is 18.4 Å². The Hall–Kier alpha value is -2.25. The highest BCUT2D eigenvalue weighted by atomic mass is 16.5. The normalized spacial score (nSPS) is 17.8. The van der Waals surface area contributed by atoms with E-state index >= 15 is 0 Å². The van der Waals surface area contributed by atoms with Crippen LogP contribution in [0.15, 0.2) is 36.9 Å². The van der Waals surface area contributed by atoms with Gasteiger partial charge in [-0.1, -0.05) is 6.07 Å². The number of likely N-dealkylation sites (tertiary alicyclic amines) is 1. The molecule has 0 aromatic carbocycles. The molecule has 1 aliphatic rings. The maximum Gasteiger partial charge on any atom is 0.235 e. The lowest BCUT2D eigenvalue weighted by Gasteiger charge is -2.16. The quantitative estimate of drug-likeness (QED) is 0.781. The molecule has 0 spiro atoms. The van der Waals surface area contributed by atoms with E-state index in [4.69, 9.17) is 14.6 Å². The SMILES string of the molecule is OCCCN1CCC(Oc2cncc(OCc3cccnc3)n2)C1. The molecule has 7 nitrogen and oxygen atoms in total. The molecule has 1 saturated heterocycles. The van der Waals surface area contributed by atoms with E-state index in [2.05, 4.69) is 19.9 Å². The number of ether oxygens (including phenoxy) is 2. The summed E-state index contributed by atoms with van der Waals surface area (Å²) in [6.45, 7) is 3.35. The number of pyridine rings is 1. The van der Waals surface area contributed by atoms with Crippen LogP contribution < -0.4 is 9.47 Å². The van der Waals surface area contributed by atoms with Gasteiger partial charge in [0.25, 0.3) is 0 Å². The number of nitrogens with zero attached hydrogens (tertiary/aromatic N) is 4. The van der Waals surface area contributed by atoms with E-state index in [-0.39, 0.29) is 12.7 Å². The van der Waals surface area contributed by atoms with Crippen molar-refractivity contribution in [2.45, 2.75) is 25.6 Å². The Labute approximate surface area is 141 Å². The van der Waals surface area contributed by atoms with Gasteiger partial charge in [-0.05, 0) is 18.9 Å². The van der Waals surface area contributed by atoms with Crippen LogP contribution in [0.4, 0.5) is 0 Å². The molecule has 24 heavy (non-hydrogen) atoms. The first kappa shape index (κ1) is 16.6. The minimum absolute atomic E-state index is 0.103. The van der Waals surface area contributed by atoms with Crippen LogP contribution >= 0.6 is 0 Å². The van der Waals surface area contributed by atoms with Gasteiger partial charge in [-0.3, -0.25) is 14.9 Å². The lowest BCUT2D eigenvalue weighted by atomic mass is 10.3. The van der Waals surface area contributed by atoms with Crippen molar-refractivity contribution in [1.82, 2.24) is 19.9 Å². The lowest BCUT2D eigenvalue weighted by molar-refractivity contribution is 0.183. The second-order valence-corrected chi connectivity index (χ2v) is 5.75. The van der Waals surface area contributed by atoms with Crippen molar-refractivity contribution in [2.24, 2.45) is 0 Å². The molecule has 1 fully saturated rings.